The van der Waals surface area contributed by atoms with E-state index < -0.39 is 0 Å². The molecule has 1 aliphatic carbocycles. The number of rotatable bonds is 2. The first-order valence-corrected chi connectivity index (χ1v) is 7.92. The van der Waals surface area contributed by atoms with Crippen LogP contribution in [0.4, 0.5) is 0 Å². The van der Waals surface area contributed by atoms with E-state index in [4.69, 9.17) is 0 Å². The smallest absolute Gasteiger partial charge is 0.227 e. The van der Waals surface area contributed by atoms with Crippen molar-refractivity contribution in [3.05, 3.63) is 34.9 Å². The largest absolute Gasteiger partial charge is 0.341 e. The number of carbonyl (C=O) groups is 1. The van der Waals surface area contributed by atoms with E-state index in [-0.39, 0.29) is 5.91 Å². The van der Waals surface area contributed by atoms with Gasteiger partial charge in [0.1, 0.15) is 0 Å². The maximum atomic E-state index is 12.4. The zero-order valence-corrected chi connectivity index (χ0v) is 12.2. The zero-order chi connectivity index (χ0) is 13.8. The molecule has 1 aliphatic heterocycles. The first kappa shape index (κ1) is 13.6. The zero-order valence-electron chi connectivity index (χ0n) is 12.2. The van der Waals surface area contributed by atoms with Gasteiger partial charge < -0.3 is 10.2 Å². The molecule has 0 saturated carbocycles. The number of hydrogen-bond acceptors (Lipinski definition) is 2. The number of fused-ring (bicyclic) bond motifs is 1. The van der Waals surface area contributed by atoms with E-state index in [0.29, 0.717) is 6.42 Å². The van der Waals surface area contributed by atoms with Crippen LogP contribution in [0.1, 0.15) is 36.0 Å². The second kappa shape index (κ2) is 6.40. The van der Waals surface area contributed by atoms with E-state index in [1.165, 1.54) is 42.4 Å². The molecule has 3 heteroatoms. The molecule has 1 heterocycles. The third-order valence-corrected chi connectivity index (χ3v) is 4.46. The van der Waals surface area contributed by atoms with Crippen molar-refractivity contribution in [3.8, 4) is 0 Å². The minimum absolute atomic E-state index is 0.282. The number of nitrogens with zero attached hydrogens (tertiary/aromatic N) is 1. The van der Waals surface area contributed by atoms with Crippen molar-refractivity contribution in [2.24, 2.45) is 0 Å². The highest BCUT2D eigenvalue weighted by atomic mass is 16.2. The van der Waals surface area contributed by atoms with Crippen molar-refractivity contribution in [2.75, 3.05) is 26.2 Å². The highest BCUT2D eigenvalue weighted by molar-refractivity contribution is 5.79. The van der Waals surface area contributed by atoms with Gasteiger partial charge in [0.15, 0.2) is 0 Å². The van der Waals surface area contributed by atoms with Crippen molar-refractivity contribution in [1.82, 2.24) is 10.2 Å². The Balaban J connectivity index is 1.66. The lowest BCUT2D eigenvalue weighted by Crippen LogP contribution is -2.35. The van der Waals surface area contributed by atoms with Crippen molar-refractivity contribution in [2.45, 2.75) is 38.5 Å². The van der Waals surface area contributed by atoms with Gasteiger partial charge in [0.2, 0.25) is 5.91 Å². The molecule has 0 atom stereocenters. The number of hydrogen-bond donors (Lipinski definition) is 1. The van der Waals surface area contributed by atoms with Crippen LogP contribution in [-0.2, 0) is 24.1 Å². The molecule has 108 valence electrons. The molecule has 2 aliphatic rings. The second-order valence-electron chi connectivity index (χ2n) is 5.97. The fraction of sp³-hybridized carbons (Fsp3) is 0.588. The summed E-state index contributed by atoms with van der Waals surface area (Å²) >= 11 is 0. The minimum atomic E-state index is 0.282. The summed E-state index contributed by atoms with van der Waals surface area (Å²) < 4.78 is 0. The van der Waals surface area contributed by atoms with Crippen molar-refractivity contribution >= 4 is 5.91 Å². The Bertz CT molecular complexity index is 476. The first-order chi connectivity index (χ1) is 9.83. The summed E-state index contributed by atoms with van der Waals surface area (Å²) in [5.74, 6) is 0.282. The predicted molar refractivity (Wildman–Crippen MR) is 80.9 cm³/mol. The molecule has 0 spiro atoms. The van der Waals surface area contributed by atoms with E-state index in [2.05, 4.69) is 23.5 Å². The third kappa shape index (κ3) is 3.21. The van der Waals surface area contributed by atoms with Gasteiger partial charge >= 0.3 is 0 Å². The molecule has 0 aromatic heterocycles. The van der Waals surface area contributed by atoms with Crippen LogP contribution in [0.15, 0.2) is 18.2 Å². The normalized spacial score (nSPS) is 19.3. The molecular weight excluding hydrogens is 248 g/mol. The van der Waals surface area contributed by atoms with Gasteiger partial charge in [-0.3, -0.25) is 4.79 Å². The van der Waals surface area contributed by atoms with Gasteiger partial charge in [0.05, 0.1) is 6.42 Å². The van der Waals surface area contributed by atoms with Crippen LogP contribution in [0.5, 0.6) is 0 Å². The number of amides is 1. The summed E-state index contributed by atoms with van der Waals surface area (Å²) in [6.07, 6.45) is 6.63. The maximum absolute atomic E-state index is 12.4. The van der Waals surface area contributed by atoms with E-state index >= 15 is 0 Å². The Morgan fingerprint density at radius 1 is 1.05 bits per heavy atom. The monoisotopic (exact) mass is 272 g/mol. The summed E-state index contributed by atoms with van der Waals surface area (Å²) in [5, 5.41) is 3.34. The Morgan fingerprint density at radius 3 is 2.80 bits per heavy atom. The quantitative estimate of drug-likeness (QED) is 0.892. The summed E-state index contributed by atoms with van der Waals surface area (Å²) in [6.45, 7) is 3.71. The lowest BCUT2D eigenvalue weighted by Gasteiger charge is -2.21. The molecule has 1 N–H and O–H groups in total. The van der Waals surface area contributed by atoms with Crippen LogP contribution >= 0.6 is 0 Å². The highest BCUT2D eigenvalue weighted by Crippen LogP contribution is 2.22. The van der Waals surface area contributed by atoms with E-state index in [1.807, 2.05) is 4.90 Å². The molecule has 0 unspecified atom stereocenters. The topological polar surface area (TPSA) is 32.3 Å². The minimum Gasteiger partial charge on any atom is -0.341 e. The molecule has 1 saturated heterocycles. The molecule has 1 fully saturated rings. The van der Waals surface area contributed by atoms with E-state index in [9.17, 15) is 4.79 Å². The van der Waals surface area contributed by atoms with Crippen molar-refractivity contribution < 1.29 is 4.79 Å². The molecule has 20 heavy (non-hydrogen) atoms. The first-order valence-electron chi connectivity index (χ1n) is 7.92. The van der Waals surface area contributed by atoms with Crippen LogP contribution in [0, 0.1) is 0 Å². The Labute approximate surface area is 121 Å². The van der Waals surface area contributed by atoms with Crippen molar-refractivity contribution in [1.29, 1.82) is 0 Å². The van der Waals surface area contributed by atoms with Gasteiger partial charge in [0, 0.05) is 19.6 Å². The highest BCUT2D eigenvalue weighted by Gasteiger charge is 2.16. The van der Waals surface area contributed by atoms with Crippen LogP contribution in [0.2, 0.25) is 0 Å². The molecular formula is C17H24N2O. The molecule has 1 amide bonds. The molecule has 3 nitrogen and oxygen atoms in total. The van der Waals surface area contributed by atoms with Crippen LogP contribution in [-0.4, -0.2) is 37.0 Å². The lowest BCUT2D eigenvalue weighted by molar-refractivity contribution is -0.130. The number of aryl methyl sites for hydroxylation is 2. The van der Waals surface area contributed by atoms with Gasteiger partial charge in [0.25, 0.3) is 0 Å². The fourth-order valence-corrected chi connectivity index (χ4v) is 3.28. The number of benzene rings is 1. The Morgan fingerprint density at radius 2 is 1.90 bits per heavy atom. The van der Waals surface area contributed by atoms with Crippen molar-refractivity contribution in [3.63, 3.8) is 0 Å². The number of carbonyl (C=O) groups excluding carboxylic acids is 1. The summed E-state index contributed by atoms with van der Waals surface area (Å²) in [5.41, 5.74) is 4.15. The van der Waals surface area contributed by atoms with Gasteiger partial charge in [-0.15, -0.1) is 0 Å². The Kier molecular flexibility index (Phi) is 4.36. The maximum Gasteiger partial charge on any atom is 0.227 e. The summed E-state index contributed by atoms with van der Waals surface area (Å²) in [7, 11) is 0. The average molecular weight is 272 g/mol. The van der Waals surface area contributed by atoms with E-state index in [0.717, 1.165) is 32.6 Å². The van der Waals surface area contributed by atoms with Gasteiger partial charge in [-0.25, -0.2) is 0 Å². The summed E-state index contributed by atoms with van der Waals surface area (Å²) in [6, 6.07) is 6.65. The predicted octanol–water partition coefficient (Wildman–Crippen LogP) is 1.93. The van der Waals surface area contributed by atoms with Gasteiger partial charge in [-0.05, 0) is 55.3 Å². The van der Waals surface area contributed by atoms with Gasteiger partial charge in [-0.1, -0.05) is 18.2 Å². The van der Waals surface area contributed by atoms with E-state index in [1.54, 1.807) is 0 Å². The number of nitrogens with one attached hydrogen (secondary N) is 1. The second-order valence-corrected chi connectivity index (χ2v) is 5.97. The van der Waals surface area contributed by atoms with Crippen LogP contribution in [0.3, 0.4) is 0 Å². The Hall–Kier alpha value is -1.35. The molecule has 1 aromatic carbocycles. The average Bonchev–Trinajstić information content (AvgIpc) is 2.76. The molecule has 0 radical (unpaired) electrons. The fourth-order valence-electron chi connectivity index (χ4n) is 3.28. The van der Waals surface area contributed by atoms with Crippen LogP contribution in [0.25, 0.3) is 0 Å². The standard InChI is InChI=1S/C17H24N2O/c20-17(19-10-3-8-18-9-11-19)13-14-6-7-15-4-1-2-5-16(15)12-14/h6-7,12,18H,1-5,8-11,13H2. The summed E-state index contributed by atoms with van der Waals surface area (Å²) in [4.78, 5) is 14.4. The SMILES string of the molecule is O=C(Cc1ccc2c(c1)CCCC2)N1CCCNCC1. The third-order valence-electron chi connectivity index (χ3n) is 4.46. The lowest BCUT2D eigenvalue weighted by atomic mass is 9.90. The molecule has 0 bridgehead atoms. The van der Waals surface area contributed by atoms with Crippen LogP contribution < -0.4 is 5.32 Å². The van der Waals surface area contributed by atoms with Gasteiger partial charge in [-0.2, -0.15) is 0 Å². The molecule has 1 aromatic rings. The molecule has 3 rings (SSSR count).